The minimum Gasteiger partial charge on any atom is -0.0687 e. The maximum absolute atomic E-state index is 2.43. The van der Waals surface area contributed by atoms with Crippen LogP contribution < -0.4 is 0 Å². The molecule has 0 radical (unpaired) electrons. The van der Waals surface area contributed by atoms with E-state index in [0.717, 1.165) is 12.3 Å². The Morgan fingerprint density at radius 2 is 1.62 bits per heavy atom. The molecule has 2 aromatic rings. The van der Waals surface area contributed by atoms with Gasteiger partial charge in [-0.1, -0.05) is 62.7 Å². The zero-order chi connectivity index (χ0) is 17.1. The summed E-state index contributed by atoms with van der Waals surface area (Å²) in [6.07, 6.45) is 3.63. The van der Waals surface area contributed by atoms with Gasteiger partial charge in [-0.3, -0.25) is 0 Å². The van der Waals surface area contributed by atoms with Crippen molar-refractivity contribution < 1.29 is 0 Å². The van der Waals surface area contributed by atoms with Crippen molar-refractivity contribution in [1.82, 2.24) is 0 Å². The first-order valence-corrected chi connectivity index (χ1v) is 9.30. The highest BCUT2D eigenvalue weighted by Gasteiger charge is 2.34. The number of fused-ring (bicyclic) bond motifs is 3. The second kappa shape index (κ2) is 5.34. The molecule has 0 aromatic heterocycles. The Morgan fingerprint density at radius 3 is 2.38 bits per heavy atom. The van der Waals surface area contributed by atoms with E-state index >= 15 is 0 Å². The zero-order valence-electron chi connectivity index (χ0n) is 15.7. The molecule has 2 aromatic carbocycles. The van der Waals surface area contributed by atoms with Gasteiger partial charge in [-0.2, -0.15) is 0 Å². The van der Waals surface area contributed by atoms with E-state index in [1.165, 1.54) is 40.7 Å². The largest absolute Gasteiger partial charge is 0.0687 e. The summed E-state index contributed by atoms with van der Waals surface area (Å²) >= 11 is 0. The molecular formula is C24H28. The SMILES string of the molecule is CC1=C(c2ccc3c(c2C)Cc2ccccc2-3)C(C)(C)CC(C)C1. The third kappa shape index (κ3) is 2.27. The van der Waals surface area contributed by atoms with Gasteiger partial charge in [-0.25, -0.2) is 0 Å². The first-order valence-electron chi connectivity index (χ1n) is 9.30. The molecule has 0 saturated heterocycles. The van der Waals surface area contributed by atoms with Crippen molar-refractivity contribution in [3.05, 3.63) is 64.2 Å². The van der Waals surface area contributed by atoms with Gasteiger partial charge in [0.2, 0.25) is 0 Å². The summed E-state index contributed by atoms with van der Waals surface area (Å²) in [5.74, 6) is 0.794. The molecule has 4 rings (SSSR count). The van der Waals surface area contributed by atoms with Crippen LogP contribution in [0.2, 0.25) is 0 Å². The predicted molar refractivity (Wildman–Crippen MR) is 104 cm³/mol. The number of rotatable bonds is 1. The molecule has 124 valence electrons. The van der Waals surface area contributed by atoms with Crippen molar-refractivity contribution in [2.24, 2.45) is 11.3 Å². The average Bonchev–Trinajstić information content (AvgIpc) is 2.87. The summed E-state index contributed by atoms with van der Waals surface area (Å²) in [6, 6.07) is 13.7. The van der Waals surface area contributed by atoms with Gasteiger partial charge >= 0.3 is 0 Å². The van der Waals surface area contributed by atoms with E-state index in [4.69, 9.17) is 0 Å². The van der Waals surface area contributed by atoms with Gasteiger partial charge in [0.05, 0.1) is 0 Å². The molecule has 0 saturated carbocycles. The lowest BCUT2D eigenvalue weighted by atomic mass is 9.66. The lowest BCUT2D eigenvalue weighted by Gasteiger charge is -2.39. The van der Waals surface area contributed by atoms with Crippen LogP contribution in [0.5, 0.6) is 0 Å². The van der Waals surface area contributed by atoms with Crippen molar-refractivity contribution in [2.75, 3.05) is 0 Å². The van der Waals surface area contributed by atoms with Crippen LogP contribution in [0.4, 0.5) is 0 Å². The second-order valence-corrected chi connectivity index (χ2v) is 8.65. The summed E-state index contributed by atoms with van der Waals surface area (Å²) in [7, 11) is 0. The maximum atomic E-state index is 2.43. The molecule has 0 spiro atoms. The Kier molecular flexibility index (Phi) is 3.49. The highest BCUT2D eigenvalue weighted by Crippen LogP contribution is 2.50. The molecular weight excluding hydrogens is 288 g/mol. The van der Waals surface area contributed by atoms with E-state index in [0.29, 0.717) is 0 Å². The van der Waals surface area contributed by atoms with E-state index < -0.39 is 0 Å². The Bertz CT molecular complexity index is 848. The molecule has 2 aliphatic carbocycles. The fraction of sp³-hybridized carbons (Fsp3) is 0.417. The monoisotopic (exact) mass is 316 g/mol. The van der Waals surface area contributed by atoms with Crippen LogP contribution >= 0.6 is 0 Å². The third-order valence-corrected chi connectivity index (χ3v) is 6.16. The summed E-state index contributed by atoms with van der Waals surface area (Å²) in [4.78, 5) is 0. The van der Waals surface area contributed by atoms with Crippen LogP contribution in [0, 0.1) is 18.3 Å². The molecule has 0 amide bonds. The molecule has 0 heterocycles. The van der Waals surface area contributed by atoms with Crippen LogP contribution in [0.25, 0.3) is 16.7 Å². The highest BCUT2D eigenvalue weighted by atomic mass is 14.4. The van der Waals surface area contributed by atoms with Gasteiger partial charge < -0.3 is 0 Å². The van der Waals surface area contributed by atoms with Crippen molar-refractivity contribution in [2.45, 2.75) is 53.9 Å². The van der Waals surface area contributed by atoms with Gasteiger partial charge in [-0.15, -0.1) is 0 Å². The second-order valence-electron chi connectivity index (χ2n) is 8.65. The standard InChI is InChI=1S/C24H28/c1-15-12-16(2)23(24(4,5)14-15)19-10-11-21-20-9-7-6-8-18(20)13-22(21)17(19)3/h6-11,15H,12-14H2,1-5H3. The number of allylic oxidation sites excluding steroid dienone is 2. The summed E-state index contributed by atoms with van der Waals surface area (Å²) < 4.78 is 0. The lowest BCUT2D eigenvalue weighted by molar-refractivity contribution is 0.338. The van der Waals surface area contributed by atoms with Crippen LogP contribution in [0.3, 0.4) is 0 Å². The Labute approximate surface area is 146 Å². The Balaban J connectivity index is 1.88. The van der Waals surface area contributed by atoms with Crippen molar-refractivity contribution in [3.8, 4) is 11.1 Å². The quantitative estimate of drug-likeness (QED) is 0.463. The maximum Gasteiger partial charge on any atom is -0.00106 e. The molecule has 0 N–H and O–H groups in total. The fourth-order valence-corrected chi connectivity index (χ4v) is 5.48. The number of benzene rings is 2. The summed E-state index contributed by atoms with van der Waals surface area (Å²) in [5, 5.41) is 0. The molecule has 0 fully saturated rings. The van der Waals surface area contributed by atoms with Gasteiger partial charge in [0.25, 0.3) is 0 Å². The molecule has 0 nitrogen and oxygen atoms in total. The third-order valence-electron chi connectivity index (χ3n) is 6.16. The van der Waals surface area contributed by atoms with Gasteiger partial charge in [0, 0.05) is 0 Å². The van der Waals surface area contributed by atoms with E-state index in [9.17, 15) is 0 Å². The number of hydrogen-bond acceptors (Lipinski definition) is 0. The Hall–Kier alpha value is -1.82. The van der Waals surface area contributed by atoms with E-state index in [2.05, 4.69) is 71.0 Å². The molecule has 24 heavy (non-hydrogen) atoms. The van der Waals surface area contributed by atoms with Gasteiger partial charge in [-0.05, 0) is 83.4 Å². The summed E-state index contributed by atoms with van der Waals surface area (Å²) in [6.45, 7) is 12.0. The molecule has 0 heteroatoms. The van der Waals surface area contributed by atoms with Crippen LogP contribution in [0.15, 0.2) is 42.0 Å². The molecule has 1 atom stereocenters. The Morgan fingerprint density at radius 1 is 0.917 bits per heavy atom. The minimum atomic E-state index is 0.270. The first-order chi connectivity index (χ1) is 11.4. The van der Waals surface area contributed by atoms with Crippen molar-refractivity contribution in [1.29, 1.82) is 0 Å². The van der Waals surface area contributed by atoms with E-state index in [-0.39, 0.29) is 5.41 Å². The van der Waals surface area contributed by atoms with Crippen LogP contribution in [0.1, 0.15) is 62.8 Å². The molecule has 0 bridgehead atoms. The average molecular weight is 316 g/mol. The van der Waals surface area contributed by atoms with Crippen LogP contribution in [-0.4, -0.2) is 0 Å². The zero-order valence-corrected chi connectivity index (χ0v) is 15.7. The molecule has 2 aliphatic rings. The lowest BCUT2D eigenvalue weighted by Crippen LogP contribution is -2.24. The fourth-order valence-electron chi connectivity index (χ4n) is 5.48. The van der Waals surface area contributed by atoms with Crippen molar-refractivity contribution in [3.63, 3.8) is 0 Å². The minimum absolute atomic E-state index is 0.270. The number of hydrogen-bond donors (Lipinski definition) is 0. The van der Waals surface area contributed by atoms with Gasteiger partial charge in [0.15, 0.2) is 0 Å². The molecule has 1 unspecified atom stereocenters. The van der Waals surface area contributed by atoms with Gasteiger partial charge in [0.1, 0.15) is 0 Å². The molecule has 0 aliphatic heterocycles. The van der Waals surface area contributed by atoms with E-state index in [1.54, 1.807) is 16.7 Å². The summed E-state index contributed by atoms with van der Waals surface area (Å²) in [5.41, 5.74) is 12.4. The van der Waals surface area contributed by atoms with Crippen LogP contribution in [-0.2, 0) is 6.42 Å². The van der Waals surface area contributed by atoms with Crippen molar-refractivity contribution >= 4 is 5.57 Å². The topological polar surface area (TPSA) is 0 Å². The first kappa shape index (κ1) is 15.7. The smallest absolute Gasteiger partial charge is 0.00106 e. The van der Waals surface area contributed by atoms with E-state index in [1.807, 2.05) is 0 Å². The normalized spacial score (nSPS) is 21.6. The predicted octanol–water partition coefficient (Wildman–Crippen LogP) is 6.80. The highest BCUT2D eigenvalue weighted by molar-refractivity contribution is 5.83.